The van der Waals surface area contributed by atoms with Crippen LogP contribution in [0.1, 0.15) is 22.6 Å². The molecule has 1 aromatic rings. The van der Waals surface area contributed by atoms with Crippen molar-refractivity contribution in [3.8, 4) is 0 Å². The predicted molar refractivity (Wildman–Crippen MR) is 59.6 cm³/mol. The minimum Gasteiger partial charge on any atom is -0.384 e. The standard InChI is InChI=1S/C12H19NO/c1-9-4-5-10(2)12(6-9)11(7-13)8-14-3/h4-6,11H,7-8,13H2,1-3H3. The summed E-state index contributed by atoms with van der Waals surface area (Å²) < 4.78 is 5.16. The fraction of sp³-hybridized carbons (Fsp3) is 0.500. The van der Waals surface area contributed by atoms with Crippen molar-refractivity contribution in [1.29, 1.82) is 0 Å². The quantitative estimate of drug-likeness (QED) is 0.793. The summed E-state index contributed by atoms with van der Waals surface area (Å²) in [4.78, 5) is 0. The summed E-state index contributed by atoms with van der Waals surface area (Å²) in [6.07, 6.45) is 0. The molecule has 1 rings (SSSR count). The summed E-state index contributed by atoms with van der Waals surface area (Å²) in [6, 6.07) is 6.47. The van der Waals surface area contributed by atoms with E-state index < -0.39 is 0 Å². The Hall–Kier alpha value is -0.860. The zero-order valence-corrected chi connectivity index (χ0v) is 9.21. The van der Waals surface area contributed by atoms with E-state index in [-0.39, 0.29) is 0 Å². The second-order valence-electron chi connectivity index (χ2n) is 3.75. The van der Waals surface area contributed by atoms with Crippen molar-refractivity contribution in [2.75, 3.05) is 20.3 Å². The summed E-state index contributed by atoms with van der Waals surface area (Å²) in [5, 5.41) is 0. The molecule has 2 heteroatoms. The second-order valence-corrected chi connectivity index (χ2v) is 3.75. The first-order valence-electron chi connectivity index (χ1n) is 4.95. The molecule has 0 saturated carbocycles. The maximum absolute atomic E-state index is 5.73. The zero-order valence-electron chi connectivity index (χ0n) is 9.21. The van der Waals surface area contributed by atoms with Crippen LogP contribution in [0.3, 0.4) is 0 Å². The van der Waals surface area contributed by atoms with Gasteiger partial charge >= 0.3 is 0 Å². The molecule has 1 unspecified atom stereocenters. The lowest BCUT2D eigenvalue weighted by Crippen LogP contribution is -2.18. The van der Waals surface area contributed by atoms with Gasteiger partial charge in [0.2, 0.25) is 0 Å². The Morgan fingerprint density at radius 1 is 1.36 bits per heavy atom. The number of hydrogen-bond donors (Lipinski definition) is 1. The first-order chi connectivity index (χ1) is 6.69. The highest BCUT2D eigenvalue weighted by Crippen LogP contribution is 2.20. The van der Waals surface area contributed by atoms with Crippen molar-refractivity contribution in [2.45, 2.75) is 19.8 Å². The Morgan fingerprint density at radius 3 is 2.64 bits per heavy atom. The first-order valence-corrected chi connectivity index (χ1v) is 4.95. The van der Waals surface area contributed by atoms with Crippen molar-refractivity contribution >= 4 is 0 Å². The molecule has 0 aliphatic rings. The topological polar surface area (TPSA) is 35.2 Å². The SMILES string of the molecule is COCC(CN)c1cc(C)ccc1C. The molecule has 0 saturated heterocycles. The summed E-state index contributed by atoms with van der Waals surface area (Å²) in [7, 11) is 1.72. The number of ether oxygens (including phenoxy) is 1. The van der Waals surface area contributed by atoms with E-state index >= 15 is 0 Å². The molecule has 0 fully saturated rings. The maximum atomic E-state index is 5.73. The van der Waals surface area contributed by atoms with Gasteiger partial charge in [-0.2, -0.15) is 0 Å². The molecular formula is C12H19NO. The lowest BCUT2D eigenvalue weighted by atomic mass is 9.94. The van der Waals surface area contributed by atoms with E-state index in [0.717, 1.165) is 0 Å². The average Bonchev–Trinajstić information content (AvgIpc) is 2.18. The van der Waals surface area contributed by atoms with E-state index in [2.05, 4.69) is 32.0 Å². The molecule has 0 heterocycles. The van der Waals surface area contributed by atoms with E-state index in [4.69, 9.17) is 10.5 Å². The molecule has 2 nitrogen and oxygen atoms in total. The van der Waals surface area contributed by atoms with Gasteiger partial charge in [0.05, 0.1) is 6.61 Å². The number of hydrogen-bond acceptors (Lipinski definition) is 2. The largest absolute Gasteiger partial charge is 0.384 e. The van der Waals surface area contributed by atoms with Gasteiger partial charge in [0, 0.05) is 19.6 Å². The summed E-state index contributed by atoms with van der Waals surface area (Å²) in [5.41, 5.74) is 9.62. The molecule has 0 aliphatic carbocycles. The normalized spacial score (nSPS) is 12.9. The fourth-order valence-corrected chi connectivity index (χ4v) is 1.69. The number of methoxy groups -OCH3 is 1. The van der Waals surface area contributed by atoms with Crippen molar-refractivity contribution in [3.63, 3.8) is 0 Å². The molecule has 0 aromatic heterocycles. The van der Waals surface area contributed by atoms with Crippen LogP contribution in [-0.2, 0) is 4.74 Å². The van der Waals surface area contributed by atoms with Crippen molar-refractivity contribution in [2.24, 2.45) is 5.73 Å². The van der Waals surface area contributed by atoms with Crippen molar-refractivity contribution in [3.05, 3.63) is 34.9 Å². The smallest absolute Gasteiger partial charge is 0.0543 e. The minimum absolute atomic E-state index is 0.319. The summed E-state index contributed by atoms with van der Waals surface area (Å²) >= 11 is 0. The van der Waals surface area contributed by atoms with Crippen molar-refractivity contribution < 1.29 is 4.74 Å². The van der Waals surface area contributed by atoms with Gasteiger partial charge in [-0.3, -0.25) is 0 Å². The molecule has 0 spiro atoms. The van der Waals surface area contributed by atoms with E-state index in [1.54, 1.807) is 7.11 Å². The summed E-state index contributed by atoms with van der Waals surface area (Å²) in [6.45, 7) is 5.55. The van der Waals surface area contributed by atoms with Gasteiger partial charge in [-0.15, -0.1) is 0 Å². The molecule has 0 amide bonds. The second kappa shape index (κ2) is 5.13. The van der Waals surface area contributed by atoms with Crippen LogP contribution < -0.4 is 5.73 Å². The fourth-order valence-electron chi connectivity index (χ4n) is 1.69. The first kappa shape index (κ1) is 11.2. The molecule has 0 aliphatic heterocycles. The lowest BCUT2D eigenvalue weighted by Gasteiger charge is -2.17. The number of benzene rings is 1. The molecule has 2 N–H and O–H groups in total. The predicted octanol–water partition coefficient (Wildman–Crippen LogP) is 1.99. The van der Waals surface area contributed by atoms with Gasteiger partial charge in [0.1, 0.15) is 0 Å². The maximum Gasteiger partial charge on any atom is 0.0543 e. The highest BCUT2D eigenvalue weighted by Gasteiger charge is 2.11. The van der Waals surface area contributed by atoms with Gasteiger partial charge in [0.25, 0.3) is 0 Å². The zero-order chi connectivity index (χ0) is 10.6. The average molecular weight is 193 g/mol. The Bertz CT molecular complexity index is 296. The van der Waals surface area contributed by atoms with Gasteiger partial charge in [-0.1, -0.05) is 23.8 Å². The number of rotatable bonds is 4. The van der Waals surface area contributed by atoms with Gasteiger partial charge in [0.15, 0.2) is 0 Å². The lowest BCUT2D eigenvalue weighted by molar-refractivity contribution is 0.181. The third kappa shape index (κ3) is 2.56. The molecule has 78 valence electrons. The van der Waals surface area contributed by atoms with Gasteiger partial charge in [-0.25, -0.2) is 0 Å². The Morgan fingerprint density at radius 2 is 2.07 bits per heavy atom. The molecule has 1 atom stereocenters. The monoisotopic (exact) mass is 193 g/mol. The highest BCUT2D eigenvalue weighted by molar-refractivity contribution is 5.33. The number of aryl methyl sites for hydroxylation is 2. The summed E-state index contributed by atoms with van der Waals surface area (Å²) in [5.74, 6) is 0.319. The third-order valence-corrected chi connectivity index (χ3v) is 2.53. The van der Waals surface area contributed by atoms with Crippen LogP contribution in [0.5, 0.6) is 0 Å². The third-order valence-electron chi connectivity index (χ3n) is 2.53. The van der Waals surface area contributed by atoms with E-state index in [0.29, 0.717) is 19.1 Å². The van der Waals surface area contributed by atoms with E-state index in [1.807, 2.05) is 0 Å². The van der Waals surface area contributed by atoms with Crippen LogP contribution in [0.15, 0.2) is 18.2 Å². The van der Waals surface area contributed by atoms with E-state index in [1.165, 1.54) is 16.7 Å². The van der Waals surface area contributed by atoms with E-state index in [9.17, 15) is 0 Å². The Labute approximate surface area is 86.1 Å². The van der Waals surface area contributed by atoms with Crippen LogP contribution in [0.2, 0.25) is 0 Å². The molecule has 1 aromatic carbocycles. The van der Waals surface area contributed by atoms with Crippen LogP contribution in [0, 0.1) is 13.8 Å². The molecule has 0 bridgehead atoms. The van der Waals surface area contributed by atoms with Gasteiger partial charge < -0.3 is 10.5 Å². The minimum atomic E-state index is 0.319. The van der Waals surface area contributed by atoms with Crippen LogP contribution in [0.4, 0.5) is 0 Å². The van der Waals surface area contributed by atoms with Crippen molar-refractivity contribution in [1.82, 2.24) is 0 Å². The Balaban J connectivity index is 2.96. The van der Waals surface area contributed by atoms with Crippen LogP contribution in [0.25, 0.3) is 0 Å². The highest BCUT2D eigenvalue weighted by atomic mass is 16.5. The molecule has 14 heavy (non-hydrogen) atoms. The van der Waals surface area contributed by atoms with Crippen LogP contribution >= 0.6 is 0 Å². The molecular weight excluding hydrogens is 174 g/mol. The van der Waals surface area contributed by atoms with Crippen LogP contribution in [-0.4, -0.2) is 20.3 Å². The number of nitrogens with two attached hydrogens (primary N) is 1. The molecule has 0 radical (unpaired) electrons. The Kier molecular flexibility index (Phi) is 4.11. The van der Waals surface area contributed by atoms with Gasteiger partial charge in [-0.05, 0) is 25.0 Å².